The molecule has 0 aliphatic heterocycles. The largest absolute Gasteiger partial charge is 0.454 e. The Balaban J connectivity index is 1.60. The summed E-state index contributed by atoms with van der Waals surface area (Å²) in [4.78, 5) is 51.3. The molecular formula is C26H25N5O5. The molecular weight excluding hydrogens is 462 g/mol. The standard InChI is InChI=1S/C26H25N5O5/c1-16-21(17(2)31(28-16)19-12-8-5-9-13-19)25(34)36-15-20(32)22-23(27)30(26(35)29(3)24(22)33)14-18-10-6-4-7-11-18/h4-13H,14-15,27H2,1-3H3. The number of ketones is 1. The Bertz CT molecular complexity index is 1570. The molecule has 2 heterocycles. The van der Waals surface area contributed by atoms with E-state index in [2.05, 4.69) is 5.10 Å². The average molecular weight is 488 g/mol. The van der Waals surface area contributed by atoms with Gasteiger partial charge in [-0.2, -0.15) is 5.10 Å². The third kappa shape index (κ3) is 4.48. The van der Waals surface area contributed by atoms with Crippen molar-refractivity contribution in [3.63, 3.8) is 0 Å². The third-order valence-corrected chi connectivity index (χ3v) is 5.88. The van der Waals surface area contributed by atoms with E-state index >= 15 is 0 Å². The highest BCUT2D eigenvalue weighted by atomic mass is 16.5. The van der Waals surface area contributed by atoms with Crippen LogP contribution in [-0.4, -0.2) is 37.3 Å². The molecule has 2 N–H and O–H groups in total. The topological polar surface area (TPSA) is 131 Å². The highest BCUT2D eigenvalue weighted by Gasteiger charge is 2.25. The number of benzene rings is 2. The van der Waals surface area contributed by atoms with Gasteiger partial charge in [0.1, 0.15) is 16.9 Å². The van der Waals surface area contributed by atoms with E-state index in [0.29, 0.717) is 11.4 Å². The molecule has 10 nitrogen and oxygen atoms in total. The molecule has 184 valence electrons. The van der Waals surface area contributed by atoms with Gasteiger partial charge in [-0.05, 0) is 31.5 Å². The number of hydrogen-bond acceptors (Lipinski definition) is 7. The number of aromatic nitrogens is 4. The maximum Gasteiger partial charge on any atom is 0.342 e. The Morgan fingerprint density at radius 2 is 1.56 bits per heavy atom. The Morgan fingerprint density at radius 3 is 2.19 bits per heavy atom. The first-order valence-corrected chi connectivity index (χ1v) is 11.2. The number of aryl methyl sites for hydroxylation is 1. The lowest BCUT2D eigenvalue weighted by atomic mass is 10.1. The van der Waals surface area contributed by atoms with E-state index in [1.807, 2.05) is 36.4 Å². The van der Waals surface area contributed by atoms with Crippen molar-refractivity contribution < 1.29 is 14.3 Å². The van der Waals surface area contributed by atoms with Gasteiger partial charge in [0.05, 0.1) is 23.6 Å². The number of carbonyl (C=O) groups is 2. The van der Waals surface area contributed by atoms with Crippen LogP contribution in [0.25, 0.3) is 5.69 Å². The predicted octanol–water partition coefficient (Wildman–Crippen LogP) is 2.02. The SMILES string of the molecule is Cc1nn(-c2ccccc2)c(C)c1C(=O)OCC(=O)c1c(N)n(Cc2ccccc2)c(=O)n(C)c1=O. The molecule has 0 radical (unpaired) electrons. The molecule has 4 aromatic rings. The highest BCUT2D eigenvalue weighted by Crippen LogP contribution is 2.19. The highest BCUT2D eigenvalue weighted by molar-refractivity contribution is 6.02. The molecule has 2 aromatic carbocycles. The van der Waals surface area contributed by atoms with Crippen LogP contribution in [0.3, 0.4) is 0 Å². The lowest BCUT2D eigenvalue weighted by Crippen LogP contribution is -2.43. The van der Waals surface area contributed by atoms with Crippen molar-refractivity contribution in [1.82, 2.24) is 18.9 Å². The summed E-state index contributed by atoms with van der Waals surface area (Å²) in [5, 5.41) is 4.41. The molecule has 0 aliphatic rings. The van der Waals surface area contributed by atoms with Crippen molar-refractivity contribution in [2.75, 3.05) is 12.3 Å². The second kappa shape index (κ2) is 9.87. The van der Waals surface area contributed by atoms with Gasteiger partial charge in [-0.3, -0.25) is 18.7 Å². The minimum atomic E-state index is -0.855. The summed E-state index contributed by atoms with van der Waals surface area (Å²) in [7, 11) is 1.26. The Kier molecular flexibility index (Phi) is 6.69. The number of carbonyl (C=O) groups excluding carboxylic acids is 2. The van der Waals surface area contributed by atoms with Gasteiger partial charge in [-0.15, -0.1) is 0 Å². The molecule has 0 unspecified atom stereocenters. The first-order valence-electron chi connectivity index (χ1n) is 11.2. The predicted molar refractivity (Wildman–Crippen MR) is 134 cm³/mol. The first-order chi connectivity index (χ1) is 17.2. The summed E-state index contributed by atoms with van der Waals surface area (Å²) in [6.07, 6.45) is 0. The van der Waals surface area contributed by atoms with Crippen molar-refractivity contribution in [2.24, 2.45) is 7.05 Å². The van der Waals surface area contributed by atoms with E-state index < -0.39 is 35.2 Å². The van der Waals surface area contributed by atoms with Gasteiger partial charge in [-0.25, -0.2) is 14.3 Å². The van der Waals surface area contributed by atoms with Crippen LogP contribution in [-0.2, 0) is 18.3 Å². The molecule has 4 rings (SSSR count). The number of nitrogens with two attached hydrogens (primary N) is 1. The molecule has 2 aromatic heterocycles. The number of para-hydroxylation sites is 1. The Morgan fingerprint density at radius 1 is 0.944 bits per heavy atom. The maximum absolute atomic E-state index is 13.0. The van der Waals surface area contributed by atoms with Crippen LogP contribution < -0.4 is 17.0 Å². The molecule has 0 bridgehead atoms. The van der Waals surface area contributed by atoms with E-state index in [1.165, 1.54) is 7.05 Å². The molecule has 10 heteroatoms. The number of nitrogen functional groups attached to an aromatic ring is 1. The Hall–Kier alpha value is -4.73. The molecule has 0 spiro atoms. The lowest BCUT2D eigenvalue weighted by Gasteiger charge is -2.14. The number of anilines is 1. The van der Waals surface area contributed by atoms with Gasteiger partial charge >= 0.3 is 11.7 Å². The summed E-state index contributed by atoms with van der Waals surface area (Å²) in [5.74, 6) is -1.85. The van der Waals surface area contributed by atoms with Crippen LogP contribution in [0.2, 0.25) is 0 Å². The lowest BCUT2D eigenvalue weighted by molar-refractivity contribution is 0.0472. The number of Topliss-reactive ketones (excluding diaryl/α,β-unsaturated/α-hetero) is 1. The smallest absolute Gasteiger partial charge is 0.342 e. The zero-order valence-corrected chi connectivity index (χ0v) is 20.1. The zero-order chi connectivity index (χ0) is 26.0. The van der Waals surface area contributed by atoms with Crippen molar-refractivity contribution >= 4 is 17.6 Å². The molecule has 0 saturated heterocycles. The van der Waals surface area contributed by atoms with Crippen LogP contribution in [0.4, 0.5) is 5.82 Å². The van der Waals surface area contributed by atoms with Gasteiger partial charge in [0.15, 0.2) is 6.61 Å². The van der Waals surface area contributed by atoms with Crippen molar-refractivity contribution in [1.29, 1.82) is 0 Å². The molecule has 0 atom stereocenters. The van der Waals surface area contributed by atoms with Gasteiger partial charge in [0.2, 0.25) is 5.78 Å². The van der Waals surface area contributed by atoms with Crippen LogP contribution in [0.15, 0.2) is 70.3 Å². The maximum atomic E-state index is 13.0. The summed E-state index contributed by atoms with van der Waals surface area (Å²) >= 11 is 0. The van der Waals surface area contributed by atoms with Crippen molar-refractivity contribution in [3.05, 3.63) is 110 Å². The monoisotopic (exact) mass is 487 g/mol. The molecule has 0 amide bonds. The van der Waals surface area contributed by atoms with E-state index in [9.17, 15) is 19.2 Å². The number of nitrogens with zero attached hydrogens (tertiary/aromatic N) is 4. The molecule has 0 fully saturated rings. The fourth-order valence-electron chi connectivity index (χ4n) is 4.00. The summed E-state index contributed by atoms with van der Waals surface area (Å²) in [5.41, 5.74) is 6.92. The third-order valence-electron chi connectivity index (χ3n) is 5.88. The second-order valence-corrected chi connectivity index (χ2v) is 8.27. The Labute approximate surface area is 206 Å². The molecule has 0 aliphatic carbocycles. The van der Waals surface area contributed by atoms with Gasteiger partial charge < -0.3 is 10.5 Å². The number of ether oxygens (including phenoxy) is 1. The van der Waals surface area contributed by atoms with Crippen LogP contribution in [0.1, 0.15) is 37.7 Å². The quantitative estimate of drug-likeness (QED) is 0.312. The van der Waals surface area contributed by atoms with Crippen LogP contribution >= 0.6 is 0 Å². The molecule has 36 heavy (non-hydrogen) atoms. The van der Waals surface area contributed by atoms with E-state index in [0.717, 1.165) is 20.4 Å². The fourth-order valence-corrected chi connectivity index (χ4v) is 4.00. The van der Waals surface area contributed by atoms with E-state index in [-0.39, 0.29) is 17.9 Å². The van der Waals surface area contributed by atoms with Gasteiger partial charge in [0, 0.05) is 7.05 Å². The molecule has 0 saturated carbocycles. The summed E-state index contributed by atoms with van der Waals surface area (Å²) in [6.45, 7) is 2.73. The van der Waals surface area contributed by atoms with Crippen LogP contribution in [0, 0.1) is 13.8 Å². The first kappa shape index (κ1) is 24.4. The van der Waals surface area contributed by atoms with Gasteiger partial charge in [0.25, 0.3) is 5.56 Å². The minimum absolute atomic E-state index is 0.0662. The van der Waals surface area contributed by atoms with Crippen LogP contribution in [0.5, 0.6) is 0 Å². The normalized spacial score (nSPS) is 10.9. The van der Waals surface area contributed by atoms with Crippen molar-refractivity contribution in [2.45, 2.75) is 20.4 Å². The van der Waals surface area contributed by atoms with E-state index in [1.54, 1.807) is 42.8 Å². The number of esters is 1. The van der Waals surface area contributed by atoms with E-state index in [4.69, 9.17) is 10.5 Å². The fraction of sp³-hybridized carbons (Fsp3) is 0.192. The number of hydrogen-bond donors (Lipinski definition) is 1. The number of rotatable bonds is 7. The summed E-state index contributed by atoms with van der Waals surface area (Å²) < 4.78 is 8.83. The van der Waals surface area contributed by atoms with Crippen molar-refractivity contribution in [3.8, 4) is 5.69 Å². The second-order valence-electron chi connectivity index (χ2n) is 8.27. The van der Waals surface area contributed by atoms with Gasteiger partial charge in [-0.1, -0.05) is 48.5 Å². The summed E-state index contributed by atoms with van der Waals surface area (Å²) in [6, 6.07) is 18.3. The minimum Gasteiger partial charge on any atom is -0.454 e. The average Bonchev–Trinajstić information content (AvgIpc) is 3.18. The zero-order valence-electron chi connectivity index (χ0n) is 20.1.